The summed E-state index contributed by atoms with van der Waals surface area (Å²) in [4.78, 5) is 2.30. The molecule has 1 aliphatic rings. The molecule has 0 radical (unpaired) electrons. The van der Waals surface area contributed by atoms with Crippen LogP contribution < -0.4 is 0 Å². The van der Waals surface area contributed by atoms with Gasteiger partial charge in [0.2, 0.25) is 0 Å². The van der Waals surface area contributed by atoms with E-state index in [9.17, 15) is 0 Å². The molecular formula is C18H23N3. The molecule has 0 aliphatic heterocycles. The van der Waals surface area contributed by atoms with Crippen molar-refractivity contribution in [2.75, 3.05) is 20.6 Å². The first-order chi connectivity index (χ1) is 10.1. The van der Waals surface area contributed by atoms with Crippen molar-refractivity contribution in [3.8, 4) is 6.07 Å². The van der Waals surface area contributed by atoms with Crippen LogP contribution in [0.25, 0.3) is 10.9 Å². The second kappa shape index (κ2) is 5.54. The molecule has 0 N–H and O–H groups in total. The van der Waals surface area contributed by atoms with Crippen LogP contribution in [0.3, 0.4) is 0 Å². The van der Waals surface area contributed by atoms with E-state index in [0.29, 0.717) is 5.92 Å². The molecule has 0 bridgehead atoms. The van der Waals surface area contributed by atoms with E-state index < -0.39 is 0 Å². The van der Waals surface area contributed by atoms with E-state index in [-0.39, 0.29) is 0 Å². The fourth-order valence-electron chi connectivity index (χ4n) is 3.92. The van der Waals surface area contributed by atoms with Gasteiger partial charge in [-0.1, -0.05) is 6.42 Å². The Hall–Kier alpha value is -1.79. The molecular weight excluding hydrogens is 258 g/mol. The molecule has 0 spiro atoms. The van der Waals surface area contributed by atoms with Crippen molar-refractivity contribution in [3.05, 3.63) is 35.5 Å². The van der Waals surface area contributed by atoms with Crippen LogP contribution in [0.4, 0.5) is 0 Å². The Labute approximate surface area is 126 Å². The van der Waals surface area contributed by atoms with Crippen molar-refractivity contribution >= 4 is 10.9 Å². The van der Waals surface area contributed by atoms with Gasteiger partial charge in [0.05, 0.1) is 11.6 Å². The summed E-state index contributed by atoms with van der Waals surface area (Å²) in [6.45, 7) is 1.15. The van der Waals surface area contributed by atoms with Crippen LogP contribution in [0.15, 0.2) is 24.4 Å². The maximum atomic E-state index is 9.17. The summed E-state index contributed by atoms with van der Waals surface area (Å²) >= 11 is 0. The number of nitriles is 1. The summed E-state index contributed by atoms with van der Waals surface area (Å²) in [5.74, 6) is 1.36. The van der Waals surface area contributed by atoms with Crippen molar-refractivity contribution in [1.82, 2.24) is 9.47 Å². The molecule has 0 amide bonds. The maximum Gasteiger partial charge on any atom is 0.0991 e. The van der Waals surface area contributed by atoms with E-state index in [1.807, 2.05) is 6.07 Å². The Kier molecular flexibility index (Phi) is 3.73. The number of aromatic nitrogens is 1. The summed E-state index contributed by atoms with van der Waals surface area (Å²) in [5.41, 5.74) is 3.44. The molecule has 3 rings (SSSR count). The number of aryl methyl sites for hydroxylation is 1. The van der Waals surface area contributed by atoms with E-state index in [1.165, 1.54) is 35.7 Å². The molecule has 21 heavy (non-hydrogen) atoms. The van der Waals surface area contributed by atoms with E-state index in [2.05, 4.69) is 55.0 Å². The van der Waals surface area contributed by atoms with Crippen LogP contribution >= 0.6 is 0 Å². The monoisotopic (exact) mass is 281 g/mol. The number of benzene rings is 1. The lowest BCUT2D eigenvalue weighted by molar-refractivity contribution is 0.310. The number of fused-ring (bicyclic) bond motifs is 1. The average molecular weight is 281 g/mol. The summed E-state index contributed by atoms with van der Waals surface area (Å²) in [6, 6.07) is 8.33. The highest BCUT2D eigenvalue weighted by Gasteiger charge is 2.30. The van der Waals surface area contributed by atoms with Crippen LogP contribution in [-0.4, -0.2) is 30.1 Å². The van der Waals surface area contributed by atoms with Crippen molar-refractivity contribution in [1.29, 1.82) is 5.26 Å². The summed E-state index contributed by atoms with van der Waals surface area (Å²) < 4.78 is 2.21. The van der Waals surface area contributed by atoms with Gasteiger partial charge >= 0.3 is 0 Å². The second-order valence-corrected chi connectivity index (χ2v) is 6.60. The predicted octanol–water partition coefficient (Wildman–Crippen LogP) is 3.50. The third-order valence-electron chi connectivity index (χ3n) is 4.81. The zero-order chi connectivity index (χ0) is 15.0. The molecule has 1 aromatic carbocycles. The van der Waals surface area contributed by atoms with Gasteiger partial charge in [0.15, 0.2) is 0 Å². The van der Waals surface area contributed by atoms with Crippen LogP contribution in [0.1, 0.15) is 36.3 Å². The number of hydrogen-bond donors (Lipinski definition) is 0. The lowest BCUT2D eigenvalue weighted by Crippen LogP contribution is -2.23. The standard InChI is InChI=1S/C18H23N3/c1-20(2)11-14-5-4-6-15(14)17-12-21(3)18-8-7-13(10-19)9-16(17)18/h7-9,12,14-15H,4-6,11H2,1-3H3. The minimum Gasteiger partial charge on any atom is -0.350 e. The predicted molar refractivity (Wildman–Crippen MR) is 86.3 cm³/mol. The highest BCUT2D eigenvalue weighted by atomic mass is 15.1. The van der Waals surface area contributed by atoms with Crippen molar-refractivity contribution < 1.29 is 0 Å². The largest absolute Gasteiger partial charge is 0.350 e. The van der Waals surface area contributed by atoms with Gasteiger partial charge in [-0.05, 0) is 62.5 Å². The number of nitrogens with zero attached hydrogens (tertiary/aromatic N) is 3. The van der Waals surface area contributed by atoms with E-state index >= 15 is 0 Å². The van der Waals surface area contributed by atoms with Gasteiger partial charge in [0, 0.05) is 30.7 Å². The minimum absolute atomic E-state index is 0.630. The van der Waals surface area contributed by atoms with Crippen molar-refractivity contribution in [2.24, 2.45) is 13.0 Å². The Morgan fingerprint density at radius 2 is 2.14 bits per heavy atom. The second-order valence-electron chi connectivity index (χ2n) is 6.60. The first-order valence-corrected chi connectivity index (χ1v) is 7.74. The topological polar surface area (TPSA) is 32.0 Å². The highest BCUT2D eigenvalue weighted by Crippen LogP contribution is 2.43. The van der Waals surface area contributed by atoms with Gasteiger partial charge < -0.3 is 9.47 Å². The Morgan fingerprint density at radius 1 is 1.33 bits per heavy atom. The van der Waals surface area contributed by atoms with Gasteiger partial charge in [0.25, 0.3) is 0 Å². The molecule has 1 saturated carbocycles. The third kappa shape index (κ3) is 2.56. The fraction of sp³-hybridized carbons (Fsp3) is 0.500. The quantitative estimate of drug-likeness (QED) is 0.862. The van der Waals surface area contributed by atoms with Crippen LogP contribution in [0.5, 0.6) is 0 Å². The zero-order valence-electron chi connectivity index (χ0n) is 13.1. The lowest BCUT2D eigenvalue weighted by atomic mass is 9.88. The molecule has 1 aromatic heterocycles. The SMILES string of the molecule is CN(C)CC1CCCC1c1cn(C)c2ccc(C#N)cc12. The molecule has 0 saturated heterocycles. The van der Waals surface area contributed by atoms with Crippen molar-refractivity contribution in [3.63, 3.8) is 0 Å². The summed E-state index contributed by atoms with van der Waals surface area (Å²) in [7, 11) is 6.42. The van der Waals surface area contributed by atoms with Gasteiger partial charge in [-0.3, -0.25) is 0 Å². The fourth-order valence-corrected chi connectivity index (χ4v) is 3.92. The van der Waals surface area contributed by atoms with Crippen molar-refractivity contribution in [2.45, 2.75) is 25.2 Å². The molecule has 1 heterocycles. The lowest BCUT2D eigenvalue weighted by Gasteiger charge is -2.23. The summed E-state index contributed by atoms with van der Waals surface area (Å²) in [5, 5.41) is 10.4. The molecule has 1 fully saturated rings. The minimum atomic E-state index is 0.630. The van der Waals surface area contributed by atoms with Gasteiger partial charge in [0.1, 0.15) is 0 Å². The van der Waals surface area contributed by atoms with E-state index in [1.54, 1.807) is 0 Å². The van der Waals surface area contributed by atoms with Gasteiger partial charge in [-0.2, -0.15) is 5.26 Å². The van der Waals surface area contributed by atoms with E-state index in [4.69, 9.17) is 5.26 Å². The van der Waals surface area contributed by atoms with Crippen LogP contribution in [0, 0.1) is 17.2 Å². The van der Waals surface area contributed by atoms with Crippen LogP contribution in [0.2, 0.25) is 0 Å². The average Bonchev–Trinajstić information content (AvgIpc) is 3.02. The molecule has 2 unspecified atom stereocenters. The first kappa shape index (κ1) is 14.2. The third-order valence-corrected chi connectivity index (χ3v) is 4.81. The van der Waals surface area contributed by atoms with Crippen LogP contribution in [-0.2, 0) is 7.05 Å². The van der Waals surface area contributed by atoms with Gasteiger partial charge in [-0.15, -0.1) is 0 Å². The Bertz CT molecular complexity index is 690. The molecule has 2 atom stereocenters. The summed E-state index contributed by atoms with van der Waals surface area (Å²) in [6.07, 6.45) is 6.19. The highest BCUT2D eigenvalue weighted by molar-refractivity contribution is 5.86. The molecule has 3 nitrogen and oxygen atoms in total. The molecule has 110 valence electrons. The first-order valence-electron chi connectivity index (χ1n) is 7.74. The Morgan fingerprint density at radius 3 is 2.86 bits per heavy atom. The zero-order valence-corrected chi connectivity index (χ0v) is 13.1. The molecule has 2 aromatic rings. The van der Waals surface area contributed by atoms with Gasteiger partial charge in [-0.25, -0.2) is 0 Å². The molecule has 1 aliphatic carbocycles. The van der Waals surface area contributed by atoms with E-state index in [0.717, 1.165) is 18.0 Å². The number of hydrogen-bond acceptors (Lipinski definition) is 2. The maximum absolute atomic E-state index is 9.17. The number of rotatable bonds is 3. The Balaban J connectivity index is 2.05. The molecule has 3 heteroatoms. The smallest absolute Gasteiger partial charge is 0.0991 e. The normalized spacial score (nSPS) is 22.0.